The Morgan fingerprint density at radius 3 is 1.09 bits per heavy atom. The van der Waals surface area contributed by atoms with Crippen LogP contribution < -0.4 is 10.4 Å². The molecular weight excluding hydrogens is 508 g/mol. The third-order valence-corrected chi connectivity index (χ3v) is 7.44. The van der Waals surface area contributed by atoms with Crippen molar-refractivity contribution in [3.05, 3.63) is 98.6 Å². The molecule has 4 aromatic heterocycles. The van der Waals surface area contributed by atoms with Crippen molar-refractivity contribution in [1.82, 2.24) is 19.9 Å². The van der Waals surface area contributed by atoms with Gasteiger partial charge in [-0.2, -0.15) is 0 Å². The second-order valence-electron chi connectivity index (χ2n) is 7.29. The van der Waals surface area contributed by atoms with Gasteiger partial charge in [-0.3, -0.25) is 19.9 Å². The summed E-state index contributed by atoms with van der Waals surface area (Å²) in [5.41, 5.74) is 3.76. The van der Waals surface area contributed by atoms with Gasteiger partial charge in [-0.25, -0.2) is 0 Å². The van der Waals surface area contributed by atoms with Crippen LogP contribution in [-0.4, -0.2) is 37.5 Å². The molecule has 176 valence electrons. The first-order valence-corrected chi connectivity index (χ1v) is 15.4. The van der Waals surface area contributed by atoms with Crippen LogP contribution >= 0.6 is 0 Å². The van der Waals surface area contributed by atoms with Gasteiger partial charge in [-0.05, 0) is 46.8 Å². The van der Waals surface area contributed by atoms with E-state index in [4.69, 9.17) is 23.7 Å². The molecule has 0 aliphatic rings. The molecule has 0 fully saturated rings. The maximum atomic E-state index is 6.25. The number of rotatable bonds is 4. The van der Waals surface area contributed by atoms with Crippen molar-refractivity contribution in [3.63, 3.8) is 0 Å². The van der Waals surface area contributed by atoms with E-state index in [1.54, 1.807) is 12.4 Å². The predicted molar refractivity (Wildman–Crippen MR) is 139 cm³/mol. The monoisotopic (exact) mass is 534 g/mol. The van der Waals surface area contributed by atoms with Gasteiger partial charge in [0, 0.05) is 24.8 Å². The Kier molecular flexibility index (Phi) is 16.2. The topological polar surface area (TPSA) is 99.1 Å². The minimum Gasteiger partial charge on any atom is -0.512 e. The molecule has 4 aromatic rings. The zero-order chi connectivity index (χ0) is 25.3. The largest absolute Gasteiger partial charge is 2.00 e. The smallest absolute Gasteiger partial charge is 0.512 e. The van der Waals surface area contributed by atoms with Gasteiger partial charge < -0.3 is 23.7 Å². The number of hydrogen-bond acceptors (Lipinski definition) is 6. The standard InChI is InChI=1S/2C12H13N2Si.2CN.Fe/c2*1-15(2)10-6-7-12(14-9-10)11-5-3-4-8-13-11;2*1-2;/h2*3-9H,1-2H3;;;/q;;2*-1;+2. The van der Waals surface area contributed by atoms with E-state index in [0.717, 1.165) is 22.8 Å². The maximum absolute atomic E-state index is 6.25. The first kappa shape index (κ1) is 31.5. The molecule has 0 aliphatic carbocycles. The van der Waals surface area contributed by atoms with E-state index >= 15 is 0 Å². The van der Waals surface area contributed by atoms with E-state index in [0.29, 0.717) is 0 Å². The van der Waals surface area contributed by atoms with Crippen molar-refractivity contribution >= 4 is 28.0 Å². The van der Waals surface area contributed by atoms with Gasteiger partial charge in [0.05, 0.1) is 40.4 Å². The van der Waals surface area contributed by atoms with Gasteiger partial charge in [-0.15, -0.1) is 0 Å². The molecular formula is C26H26FeN6Si2. The Bertz CT molecular complexity index is 1030. The Labute approximate surface area is 222 Å². The summed E-state index contributed by atoms with van der Waals surface area (Å²) in [6, 6.07) is 20.2. The fourth-order valence-corrected chi connectivity index (χ4v) is 4.19. The molecule has 0 atom stereocenters. The van der Waals surface area contributed by atoms with Crippen LogP contribution in [0.25, 0.3) is 22.8 Å². The molecule has 2 radical (unpaired) electrons. The van der Waals surface area contributed by atoms with Crippen molar-refractivity contribution < 1.29 is 17.1 Å². The Morgan fingerprint density at radius 1 is 0.514 bits per heavy atom. The van der Waals surface area contributed by atoms with Gasteiger partial charge >= 0.3 is 17.1 Å². The van der Waals surface area contributed by atoms with E-state index in [-0.39, 0.29) is 17.1 Å². The zero-order valence-corrected chi connectivity index (χ0v) is 23.2. The van der Waals surface area contributed by atoms with E-state index in [9.17, 15) is 0 Å². The van der Waals surface area contributed by atoms with Gasteiger partial charge in [0.15, 0.2) is 0 Å². The van der Waals surface area contributed by atoms with Gasteiger partial charge in [0.2, 0.25) is 0 Å². The Morgan fingerprint density at radius 2 is 0.857 bits per heavy atom. The SMILES string of the molecule is C[Si](C)c1ccc(-c2ccccn2)nc1.C[Si](C)c1ccc(-c2ccccn2)nc1.[C-]#N.[C-]#N.[Fe+2]. The molecule has 0 aliphatic heterocycles. The van der Waals surface area contributed by atoms with Crippen LogP contribution in [0.15, 0.2) is 85.5 Å². The molecule has 9 heteroatoms. The quantitative estimate of drug-likeness (QED) is 0.284. The van der Waals surface area contributed by atoms with Gasteiger partial charge in [0.25, 0.3) is 0 Å². The van der Waals surface area contributed by atoms with Crippen LogP contribution in [-0.2, 0) is 17.1 Å². The van der Waals surface area contributed by atoms with Crippen molar-refractivity contribution in [2.45, 2.75) is 26.2 Å². The van der Waals surface area contributed by atoms with Crippen LogP contribution in [0.2, 0.25) is 26.2 Å². The third kappa shape index (κ3) is 10.6. The van der Waals surface area contributed by atoms with Crippen molar-refractivity contribution in [2.75, 3.05) is 0 Å². The van der Waals surface area contributed by atoms with Crippen LogP contribution in [0.4, 0.5) is 0 Å². The normalized spacial score (nSPS) is 9.20. The predicted octanol–water partition coefficient (Wildman–Crippen LogP) is 4.40. The first-order valence-electron chi connectivity index (χ1n) is 10.4. The molecule has 0 amide bonds. The minimum absolute atomic E-state index is 0. The second kappa shape index (κ2) is 17.9. The summed E-state index contributed by atoms with van der Waals surface area (Å²) in [5, 5.41) is 15.2. The number of nitrogens with zero attached hydrogens (tertiary/aromatic N) is 6. The van der Waals surface area contributed by atoms with Gasteiger partial charge in [-0.1, -0.05) is 50.5 Å². The summed E-state index contributed by atoms with van der Waals surface area (Å²) in [6.45, 7) is 18.6. The zero-order valence-electron chi connectivity index (χ0n) is 20.1. The minimum atomic E-state index is -0.393. The van der Waals surface area contributed by atoms with Crippen LogP contribution in [0, 0.1) is 23.7 Å². The number of hydrogen-bond donors (Lipinski definition) is 0. The number of aromatic nitrogens is 4. The molecule has 0 spiro atoms. The third-order valence-electron chi connectivity index (χ3n) is 4.54. The van der Waals surface area contributed by atoms with Crippen molar-refractivity contribution in [1.29, 1.82) is 10.5 Å². The Balaban J connectivity index is 0.000000565. The summed E-state index contributed by atoms with van der Waals surface area (Å²) in [5.74, 6) is 0. The molecule has 0 saturated heterocycles. The summed E-state index contributed by atoms with van der Waals surface area (Å²) in [7, 11) is -0.786. The summed E-state index contributed by atoms with van der Waals surface area (Å²) < 4.78 is 0. The van der Waals surface area contributed by atoms with Crippen LogP contribution in [0.1, 0.15) is 0 Å². The second-order valence-corrected chi connectivity index (χ2v) is 12.4. The molecule has 0 aromatic carbocycles. The molecule has 0 N–H and O–H groups in total. The van der Waals surface area contributed by atoms with E-state index < -0.39 is 17.6 Å². The van der Waals surface area contributed by atoms with Crippen LogP contribution in [0.5, 0.6) is 0 Å². The van der Waals surface area contributed by atoms with E-state index in [1.807, 2.05) is 48.8 Å². The fraction of sp³-hybridized carbons (Fsp3) is 0.154. The fourth-order valence-electron chi connectivity index (χ4n) is 2.71. The molecule has 0 bridgehead atoms. The Hall–Kier alpha value is -3.47. The van der Waals surface area contributed by atoms with Crippen molar-refractivity contribution in [2.24, 2.45) is 0 Å². The molecule has 0 saturated carbocycles. The average molecular weight is 535 g/mol. The molecule has 4 heterocycles. The first-order chi connectivity index (χ1) is 16.5. The summed E-state index contributed by atoms with van der Waals surface area (Å²) in [6.07, 6.45) is 7.52. The van der Waals surface area contributed by atoms with Crippen LogP contribution in [0.3, 0.4) is 0 Å². The molecule has 6 nitrogen and oxygen atoms in total. The maximum Gasteiger partial charge on any atom is 2.00 e. The molecule has 35 heavy (non-hydrogen) atoms. The van der Waals surface area contributed by atoms with Crippen molar-refractivity contribution in [3.8, 4) is 22.8 Å². The molecule has 0 unspecified atom stereocenters. The summed E-state index contributed by atoms with van der Waals surface area (Å²) >= 11 is 0. The van der Waals surface area contributed by atoms with E-state index in [1.165, 1.54) is 10.4 Å². The summed E-state index contributed by atoms with van der Waals surface area (Å²) in [4.78, 5) is 17.4. The average Bonchev–Trinajstić information content (AvgIpc) is 2.92. The van der Waals surface area contributed by atoms with Gasteiger partial charge in [0.1, 0.15) is 0 Å². The van der Waals surface area contributed by atoms with E-state index in [2.05, 4.69) is 70.4 Å². The molecule has 4 rings (SSSR count). The number of pyridine rings is 4.